The molecule has 0 saturated carbocycles. The van der Waals surface area contributed by atoms with Crippen molar-refractivity contribution in [3.8, 4) is 0 Å². The minimum Gasteiger partial charge on any atom is -0.481 e. The Morgan fingerprint density at radius 3 is 1.82 bits per heavy atom. The second kappa shape index (κ2) is 9.47. The van der Waals surface area contributed by atoms with E-state index in [-0.39, 0.29) is 6.10 Å². The lowest BCUT2D eigenvalue weighted by Crippen LogP contribution is -2.01. The molecule has 0 saturated heterocycles. The standard InChI is InChI=1S/C7H15NO.C2H6/c1-6(2)8-5-9-7(3)4;1-2/h5-7H,1-4H3;1-2H3. The summed E-state index contributed by atoms with van der Waals surface area (Å²) < 4.78 is 5.06. The van der Waals surface area contributed by atoms with E-state index in [1.165, 1.54) is 6.40 Å². The van der Waals surface area contributed by atoms with Crippen LogP contribution in [0.4, 0.5) is 0 Å². The van der Waals surface area contributed by atoms with Crippen molar-refractivity contribution >= 4 is 6.40 Å². The van der Waals surface area contributed by atoms with Crippen molar-refractivity contribution in [1.29, 1.82) is 0 Å². The van der Waals surface area contributed by atoms with Gasteiger partial charge in [-0.05, 0) is 27.7 Å². The van der Waals surface area contributed by atoms with Gasteiger partial charge in [-0.15, -0.1) is 0 Å². The van der Waals surface area contributed by atoms with Gasteiger partial charge in [0.2, 0.25) is 0 Å². The molecule has 0 radical (unpaired) electrons. The summed E-state index contributed by atoms with van der Waals surface area (Å²) in [6.07, 6.45) is 1.77. The maximum atomic E-state index is 5.06. The Morgan fingerprint density at radius 2 is 1.55 bits per heavy atom. The summed E-state index contributed by atoms with van der Waals surface area (Å²) in [6, 6.07) is 0.337. The first kappa shape index (κ1) is 13.1. The van der Waals surface area contributed by atoms with Crippen LogP contribution in [0.2, 0.25) is 0 Å². The molecule has 0 heterocycles. The van der Waals surface area contributed by atoms with Crippen LogP contribution in [0, 0.1) is 0 Å². The highest BCUT2D eigenvalue weighted by atomic mass is 16.5. The van der Waals surface area contributed by atoms with Crippen molar-refractivity contribution in [3.05, 3.63) is 0 Å². The molecule has 0 aliphatic heterocycles. The summed E-state index contributed by atoms with van der Waals surface area (Å²) in [7, 11) is 0. The number of ether oxygens (including phenoxy) is 1. The van der Waals surface area contributed by atoms with Gasteiger partial charge in [0.25, 0.3) is 0 Å². The molecule has 0 N–H and O–H groups in total. The molecule has 0 bridgehead atoms. The van der Waals surface area contributed by atoms with E-state index >= 15 is 0 Å². The largest absolute Gasteiger partial charge is 0.481 e. The molecular formula is C9H21NO. The van der Waals surface area contributed by atoms with E-state index in [1.54, 1.807) is 0 Å². The first-order valence-electron chi connectivity index (χ1n) is 4.30. The molecule has 0 fully saturated rings. The van der Waals surface area contributed by atoms with Gasteiger partial charge in [-0.2, -0.15) is 0 Å². The molecule has 0 aliphatic carbocycles. The van der Waals surface area contributed by atoms with Crippen LogP contribution in [0.5, 0.6) is 0 Å². The van der Waals surface area contributed by atoms with Crippen LogP contribution in [0.15, 0.2) is 4.99 Å². The molecular weight excluding hydrogens is 138 g/mol. The summed E-state index contributed by atoms with van der Waals surface area (Å²) in [5.74, 6) is 0. The molecule has 0 spiro atoms. The Balaban J connectivity index is 0. The first-order chi connectivity index (χ1) is 5.13. The van der Waals surface area contributed by atoms with Crippen LogP contribution in [0.1, 0.15) is 41.5 Å². The van der Waals surface area contributed by atoms with Gasteiger partial charge in [-0.3, -0.25) is 4.99 Å². The third kappa shape index (κ3) is 17.7. The minimum absolute atomic E-state index is 0.243. The molecule has 68 valence electrons. The predicted molar refractivity (Wildman–Crippen MR) is 51.2 cm³/mol. The molecule has 0 atom stereocenters. The van der Waals surface area contributed by atoms with Gasteiger partial charge in [0, 0.05) is 6.04 Å². The highest BCUT2D eigenvalue weighted by Gasteiger charge is 1.87. The van der Waals surface area contributed by atoms with Crippen molar-refractivity contribution in [2.45, 2.75) is 53.7 Å². The van der Waals surface area contributed by atoms with Crippen LogP contribution >= 0.6 is 0 Å². The molecule has 0 amide bonds. The van der Waals surface area contributed by atoms with Crippen LogP contribution < -0.4 is 0 Å². The van der Waals surface area contributed by atoms with Gasteiger partial charge >= 0.3 is 0 Å². The predicted octanol–water partition coefficient (Wildman–Crippen LogP) is 2.87. The van der Waals surface area contributed by atoms with Gasteiger partial charge in [-0.1, -0.05) is 13.8 Å². The van der Waals surface area contributed by atoms with Crippen LogP contribution in [-0.2, 0) is 4.74 Å². The normalized spacial score (nSPS) is 10.2. The zero-order valence-electron chi connectivity index (χ0n) is 8.59. The van der Waals surface area contributed by atoms with E-state index < -0.39 is 0 Å². The van der Waals surface area contributed by atoms with Gasteiger partial charge in [0.1, 0.15) is 0 Å². The van der Waals surface area contributed by atoms with Gasteiger partial charge in [-0.25, -0.2) is 0 Å². The molecule has 0 aliphatic rings. The SMILES string of the molecule is CC.CC(C)N=COC(C)C. The molecule has 0 unspecified atom stereocenters. The number of hydrogen-bond donors (Lipinski definition) is 0. The van der Waals surface area contributed by atoms with Crippen molar-refractivity contribution in [2.24, 2.45) is 4.99 Å². The summed E-state index contributed by atoms with van der Waals surface area (Å²) in [6.45, 7) is 12.0. The second-order valence-electron chi connectivity index (χ2n) is 2.53. The van der Waals surface area contributed by atoms with Crippen molar-refractivity contribution in [2.75, 3.05) is 0 Å². The Bertz CT molecular complexity index is 87.6. The number of hydrogen-bond acceptors (Lipinski definition) is 2. The Hall–Kier alpha value is -0.530. The zero-order valence-corrected chi connectivity index (χ0v) is 8.59. The topological polar surface area (TPSA) is 21.6 Å². The molecule has 2 nitrogen and oxygen atoms in total. The molecule has 11 heavy (non-hydrogen) atoms. The van der Waals surface area contributed by atoms with Gasteiger partial charge < -0.3 is 4.74 Å². The molecule has 0 rings (SSSR count). The first-order valence-corrected chi connectivity index (χ1v) is 4.30. The maximum absolute atomic E-state index is 5.06. The zero-order chi connectivity index (χ0) is 9.28. The lowest BCUT2D eigenvalue weighted by molar-refractivity contribution is 0.240. The van der Waals surface area contributed by atoms with Crippen molar-refractivity contribution in [1.82, 2.24) is 0 Å². The Labute approximate surface area is 70.7 Å². The van der Waals surface area contributed by atoms with Crippen LogP contribution in [0.25, 0.3) is 0 Å². The van der Waals surface area contributed by atoms with Crippen LogP contribution in [-0.4, -0.2) is 18.5 Å². The average molecular weight is 159 g/mol. The fraction of sp³-hybridized carbons (Fsp3) is 0.889. The third-order valence-corrected chi connectivity index (χ3v) is 0.692. The van der Waals surface area contributed by atoms with E-state index in [0.717, 1.165) is 0 Å². The molecule has 0 aromatic heterocycles. The van der Waals surface area contributed by atoms with E-state index in [1.807, 2.05) is 41.5 Å². The fourth-order valence-corrected chi connectivity index (χ4v) is 0.279. The van der Waals surface area contributed by atoms with E-state index in [0.29, 0.717) is 6.04 Å². The Morgan fingerprint density at radius 1 is 1.09 bits per heavy atom. The molecule has 0 aromatic carbocycles. The number of aliphatic imine (C=N–C) groups is 1. The minimum atomic E-state index is 0.243. The third-order valence-electron chi connectivity index (χ3n) is 0.692. The lowest BCUT2D eigenvalue weighted by atomic mass is 10.4. The molecule has 2 heteroatoms. The van der Waals surface area contributed by atoms with E-state index in [4.69, 9.17) is 4.74 Å². The van der Waals surface area contributed by atoms with Crippen LogP contribution in [0.3, 0.4) is 0 Å². The Kier molecular flexibility index (Phi) is 11.3. The van der Waals surface area contributed by atoms with Gasteiger partial charge in [0.05, 0.1) is 6.10 Å². The maximum Gasteiger partial charge on any atom is 0.170 e. The fourth-order valence-electron chi connectivity index (χ4n) is 0.279. The highest BCUT2D eigenvalue weighted by molar-refractivity contribution is 5.46. The summed E-state index contributed by atoms with van der Waals surface area (Å²) in [5, 5.41) is 0. The van der Waals surface area contributed by atoms with E-state index in [9.17, 15) is 0 Å². The smallest absolute Gasteiger partial charge is 0.170 e. The summed E-state index contributed by atoms with van der Waals surface area (Å²) in [4.78, 5) is 4.02. The number of nitrogens with zero attached hydrogens (tertiary/aromatic N) is 1. The summed E-state index contributed by atoms with van der Waals surface area (Å²) in [5.41, 5.74) is 0. The summed E-state index contributed by atoms with van der Waals surface area (Å²) >= 11 is 0. The monoisotopic (exact) mass is 159 g/mol. The van der Waals surface area contributed by atoms with Crippen molar-refractivity contribution < 1.29 is 4.74 Å². The second-order valence-corrected chi connectivity index (χ2v) is 2.53. The number of rotatable bonds is 3. The average Bonchev–Trinajstić information content (AvgIpc) is 1.90. The molecule has 0 aromatic rings. The quantitative estimate of drug-likeness (QED) is 0.458. The van der Waals surface area contributed by atoms with Gasteiger partial charge in [0.15, 0.2) is 6.40 Å². The van der Waals surface area contributed by atoms with E-state index in [2.05, 4.69) is 4.99 Å². The highest BCUT2D eigenvalue weighted by Crippen LogP contribution is 1.86. The lowest BCUT2D eigenvalue weighted by Gasteiger charge is -2.02. The van der Waals surface area contributed by atoms with Crippen molar-refractivity contribution in [3.63, 3.8) is 0 Å².